The molecule has 102 valence electrons. The van der Waals surface area contributed by atoms with Crippen molar-refractivity contribution in [3.05, 3.63) is 0 Å². The van der Waals surface area contributed by atoms with E-state index >= 15 is 0 Å². The second-order valence-electron chi connectivity index (χ2n) is 4.75. The van der Waals surface area contributed by atoms with E-state index in [-0.39, 0.29) is 0 Å². The predicted molar refractivity (Wildman–Crippen MR) is 78.8 cm³/mol. The van der Waals surface area contributed by atoms with E-state index in [0.29, 0.717) is 6.04 Å². The Bertz CT molecular complexity index is 182. The normalized spacial score (nSPS) is 20.6. The number of hydrogen-bond acceptors (Lipinski definition) is 4. The largest absolute Gasteiger partial charge is 0.329 e. The Morgan fingerprint density at radius 1 is 1.18 bits per heavy atom. The fourth-order valence-electron chi connectivity index (χ4n) is 2.48. The minimum absolute atomic E-state index is 0.609. The Morgan fingerprint density at radius 2 is 1.88 bits per heavy atom. The molecule has 0 aliphatic carbocycles. The van der Waals surface area contributed by atoms with E-state index in [2.05, 4.69) is 23.6 Å². The van der Waals surface area contributed by atoms with E-state index in [9.17, 15) is 0 Å². The van der Waals surface area contributed by atoms with Gasteiger partial charge < -0.3 is 10.6 Å². The molecule has 1 rings (SSSR count). The lowest BCUT2D eigenvalue weighted by atomic mass is 10.1. The molecule has 0 aromatic rings. The summed E-state index contributed by atoms with van der Waals surface area (Å²) in [5.41, 5.74) is 5.91. The van der Waals surface area contributed by atoms with Crippen LogP contribution < -0.4 is 5.73 Å². The van der Waals surface area contributed by atoms with Crippen molar-refractivity contribution in [2.45, 2.75) is 32.7 Å². The van der Waals surface area contributed by atoms with E-state index in [0.717, 1.165) is 6.54 Å². The van der Waals surface area contributed by atoms with Crippen LogP contribution in [0.25, 0.3) is 0 Å². The summed E-state index contributed by atoms with van der Waals surface area (Å²) in [5.74, 6) is 2.48. The standard InChI is InChI=1S/C13H29N3S/c1-3-6-15-7-9-16(10-8-15)13(12-14)5-11-17-4-2/h13H,3-12,14H2,1-2H3. The average molecular weight is 259 g/mol. The van der Waals surface area contributed by atoms with Gasteiger partial charge in [-0.1, -0.05) is 13.8 Å². The minimum atomic E-state index is 0.609. The van der Waals surface area contributed by atoms with Gasteiger partial charge in [-0.3, -0.25) is 4.90 Å². The molecule has 1 aliphatic heterocycles. The molecule has 1 fully saturated rings. The lowest BCUT2D eigenvalue weighted by Crippen LogP contribution is -2.52. The van der Waals surface area contributed by atoms with Crippen molar-refractivity contribution in [1.82, 2.24) is 9.80 Å². The molecule has 3 nitrogen and oxygen atoms in total. The highest BCUT2D eigenvalue weighted by molar-refractivity contribution is 7.99. The van der Waals surface area contributed by atoms with Crippen LogP contribution in [0.3, 0.4) is 0 Å². The van der Waals surface area contributed by atoms with Crippen molar-refractivity contribution in [3.8, 4) is 0 Å². The molecule has 17 heavy (non-hydrogen) atoms. The molecule has 1 aliphatic rings. The fourth-order valence-corrected chi connectivity index (χ4v) is 3.21. The maximum absolute atomic E-state index is 5.91. The molecule has 1 unspecified atom stereocenters. The quantitative estimate of drug-likeness (QED) is 0.669. The van der Waals surface area contributed by atoms with Crippen LogP contribution in [0, 0.1) is 0 Å². The summed E-state index contributed by atoms with van der Waals surface area (Å²) in [7, 11) is 0. The first-order valence-corrected chi connectivity index (χ1v) is 8.21. The smallest absolute Gasteiger partial charge is 0.0227 e. The molecule has 1 heterocycles. The van der Waals surface area contributed by atoms with Crippen molar-refractivity contribution in [2.24, 2.45) is 5.73 Å². The highest BCUT2D eigenvalue weighted by atomic mass is 32.2. The van der Waals surface area contributed by atoms with Crippen molar-refractivity contribution >= 4 is 11.8 Å². The van der Waals surface area contributed by atoms with Crippen molar-refractivity contribution < 1.29 is 0 Å². The highest BCUT2D eigenvalue weighted by Crippen LogP contribution is 2.12. The van der Waals surface area contributed by atoms with Crippen LogP contribution in [-0.2, 0) is 0 Å². The van der Waals surface area contributed by atoms with Crippen LogP contribution in [0.2, 0.25) is 0 Å². The van der Waals surface area contributed by atoms with Crippen molar-refractivity contribution in [1.29, 1.82) is 0 Å². The lowest BCUT2D eigenvalue weighted by Gasteiger charge is -2.39. The lowest BCUT2D eigenvalue weighted by molar-refractivity contribution is 0.0974. The third-order valence-corrected chi connectivity index (χ3v) is 4.47. The zero-order valence-corrected chi connectivity index (χ0v) is 12.3. The van der Waals surface area contributed by atoms with Gasteiger partial charge in [-0.15, -0.1) is 0 Å². The van der Waals surface area contributed by atoms with E-state index < -0.39 is 0 Å². The number of rotatable bonds is 8. The number of hydrogen-bond donors (Lipinski definition) is 1. The third-order valence-electron chi connectivity index (χ3n) is 3.53. The highest BCUT2D eigenvalue weighted by Gasteiger charge is 2.21. The summed E-state index contributed by atoms with van der Waals surface area (Å²) in [6.07, 6.45) is 2.52. The molecule has 2 N–H and O–H groups in total. The Morgan fingerprint density at radius 3 is 2.41 bits per heavy atom. The number of nitrogens with zero attached hydrogens (tertiary/aromatic N) is 2. The number of piperazine rings is 1. The van der Waals surface area contributed by atoms with Crippen molar-refractivity contribution in [2.75, 3.05) is 50.8 Å². The molecule has 1 saturated heterocycles. The second kappa shape index (κ2) is 9.20. The molecule has 0 aromatic heterocycles. The predicted octanol–water partition coefficient (Wildman–Crippen LogP) is 1.48. The molecule has 0 bridgehead atoms. The molecule has 0 radical (unpaired) electrons. The number of thioether (sulfide) groups is 1. The maximum atomic E-state index is 5.91. The van der Waals surface area contributed by atoms with Gasteiger partial charge in [0.2, 0.25) is 0 Å². The first-order chi connectivity index (χ1) is 8.31. The summed E-state index contributed by atoms with van der Waals surface area (Å²) in [5, 5.41) is 0. The first-order valence-electron chi connectivity index (χ1n) is 7.06. The molecular weight excluding hydrogens is 230 g/mol. The Balaban J connectivity index is 2.24. The molecule has 0 spiro atoms. The summed E-state index contributed by atoms with van der Waals surface area (Å²) < 4.78 is 0. The third kappa shape index (κ3) is 5.60. The zero-order valence-electron chi connectivity index (χ0n) is 11.5. The van der Waals surface area contributed by atoms with Gasteiger partial charge in [0.25, 0.3) is 0 Å². The Kier molecular flexibility index (Phi) is 8.27. The van der Waals surface area contributed by atoms with E-state index in [1.165, 1.54) is 57.1 Å². The average Bonchev–Trinajstić information content (AvgIpc) is 2.36. The van der Waals surface area contributed by atoms with Crippen LogP contribution in [0.5, 0.6) is 0 Å². The van der Waals surface area contributed by atoms with Gasteiger partial charge in [-0.25, -0.2) is 0 Å². The van der Waals surface area contributed by atoms with Gasteiger partial charge in [0.05, 0.1) is 0 Å². The van der Waals surface area contributed by atoms with E-state index in [4.69, 9.17) is 5.73 Å². The van der Waals surface area contributed by atoms with Crippen LogP contribution in [0.1, 0.15) is 26.7 Å². The van der Waals surface area contributed by atoms with Gasteiger partial charge in [0, 0.05) is 38.8 Å². The first kappa shape index (κ1) is 15.3. The van der Waals surface area contributed by atoms with E-state index in [1.54, 1.807) is 0 Å². The summed E-state index contributed by atoms with van der Waals surface area (Å²) in [6, 6.07) is 0.609. The summed E-state index contributed by atoms with van der Waals surface area (Å²) in [4.78, 5) is 5.17. The molecule has 1 atom stereocenters. The van der Waals surface area contributed by atoms with Crippen molar-refractivity contribution in [3.63, 3.8) is 0 Å². The number of nitrogens with two attached hydrogens (primary N) is 1. The molecule has 0 aromatic carbocycles. The van der Waals surface area contributed by atoms with E-state index in [1.807, 2.05) is 11.8 Å². The van der Waals surface area contributed by atoms with Gasteiger partial charge in [0.1, 0.15) is 0 Å². The minimum Gasteiger partial charge on any atom is -0.329 e. The Labute approximate surface area is 111 Å². The summed E-state index contributed by atoms with van der Waals surface area (Å²) in [6.45, 7) is 11.4. The second-order valence-corrected chi connectivity index (χ2v) is 6.15. The van der Waals surface area contributed by atoms with Crippen LogP contribution in [0.4, 0.5) is 0 Å². The van der Waals surface area contributed by atoms with Gasteiger partial charge in [-0.2, -0.15) is 11.8 Å². The summed E-state index contributed by atoms with van der Waals surface area (Å²) >= 11 is 2.03. The SMILES string of the molecule is CCCN1CCN(C(CN)CCSCC)CC1. The monoisotopic (exact) mass is 259 g/mol. The van der Waals surface area contributed by atoms with Gasteiger partial charge in [-0.05, 0) is 30.9 Å². The van der Waals surface area contributed by atoms with Crippen LogP contribution in [0.15, 0.2) is 0 Å². The molecule has 4 heteroatoms. The maximum Gasteiger partial charge on any atom is 0.0227 e. The van der Waals surface area contributed by atoms with Crippen LogP contribution >= 0.6 is 11.8 Å². The molecular formula is C13H29N3S. The Hall–Kier alpha value is 0.230. The topological polar surface area (TPSA) is 32.5 Å². The molecule has 0 saturated carbocycles. The zero-order chi connectivity index (χ0) is 12.5. The molecule has 0 amide bonds. The van der Waals surface area contributed by atoms with Crippen LogP contribution in [-0.4, -0.2) is 66.6 Å². The fraction of sp³-hybridized carbons (Fsp3) is 1.00. The van der Waals surface area contributed by atoms with Gasteiger partial charge >= 0.3 is 0 Å². The van der Waals surface area contributed by atoms with Gasteiger partial charge in [0.15, 0.2) is 0 Å².